The van der Waals surface area contributed by atoms with Crippen LogP contribution in [0.5, 0.6) is 0 Å². The highest BCUT2D eigenvalue weighted by Crippen LogP contribution is 2.21. The van der Waals surface area contributed by atoms with Gasteiger partial charge in [0.15, 0.2) is 0 Å². The summed E-state index contributed by atoms with van der Waals surface area (Å²) in [6, 6.07) is 0. The first-order valence-electron chi connectivity index (χ1n) is 3.10. The van der Waals surface area contributed by atoms with E-state index in [0.717, 1.165) is 0 Å². The zero-order chi connectivity index (χ0) is 8.43. The Labute approximate surface area is 61.9 Å². The highest BCUT2D eigenvalue weighted by molar-refractivity contribution is 4.85. The average Bonchev–Trinajstić information content (AvgIpc) is 2.30. The molecular formula is C5H9FO5. The van der Waals surface area contributed by atoms with Crippen LogP contribution in [0.2, 0.25) is 0 Å². The summed E-state index contributed by atoms with van der Waals surface area (Å²) in [7, 11) is 0. The molecule has 0 radical (unpaired) electrons. The van der Waals surface area contributed by atoms with Crippen LogP contribution >= 0.6 is 0 Å². The van der Waals surface area contributed by atoms with Gasteiger partial charge in [0.1, 0.15) is 18.3 Å². The molecule has 1 rings (SSSR count). The van der Waals surface area contributed by atoms with Crippen LogP contribution in [0, 0.1) is 0 Å². The van der Waals surface area contributed by atoms with Gasteiger partial charge in [-0.2, -0.15) is 4.94 Å². The lowest BCUT2D eigenvalue weighted by Crippen LogP contribution is -2.33. The van der Waals surface area contributed by atoms with Gasteiger partial charge in [0.2, 0.25) is 6.29 Å². The van der Waals surface area contributed by atoms with Crippen molar-refractivity contribution in [2.75, 3.05) is 6.61 Å². The van der Waals surface area contributed by atoms with Gasteiger partial charge in [-0.25, -0.2) is 0 Å². The van der Waals surface area contributed by atoms with Gasteiger partial charge in [0.25, 0.3) is 0 Å². The normalized spacial score (nSPS) is 44.7. The van der Waals surface area contributed by atoms with Gasteiger partial charge in [-0.1, -0.05) is 0 Å². The Morgan fingerprint density at radius 1 is 1.36 bits per heavy atom. The zero-order valence-electron chi connectivity index (χ0n) is 5.55. The van der Waals surface area contributed by atoms with E-state index in [2.05, 4.69) is 9.68 Å². The molecule has 3 N–H and O–H groups in total. The molecule has 0 unspecified atom stereocenters. The molecule has 5 nitrogen and oxygen atoms in total. The fourth-order valence-electron chi connectivity index (χ4n) is 0.939. The zero-order valence-corrected chi connectivity index (χ0v) is 5.55. The van der Waals surface area contributed by atoms with Crippen molar-refractivity contribution in [1.82, 2.24) is 0 Å². The average molecular weight is 168 g/mol. The van der Waals surface area contributed by atoms with Crippen molar-refractivity contribution >= 4 is 0 Å². The van der Waals surface area contributed by atoms with E-state index in [0.29, 0.717) is 0 Å². The van der Waals surface area contributed by atoms with Crippen LogP contribution in [-0.2, 0) is 9.68 Å². The maximum Gasteiger partial charge on any atom is 0.225 e. The van der Waals surface area contributed by atoms with E-state index in [4.69, 9.17) is 15.3 Å². The fraction of sp³-hybridized carbons (Fsp3) is 1.00. The third-order valence-electron chi connectivity index (χ3n) is 1.59. The summed E-state index contributed by atoms with van der Waals surface area (Å²) in [6.07, 6.45) is -5.23. The first kappa shape index (κ1) is 8.82. The van der Waals surface area contributed by atoms with Crippen molar-refractivity contribution in [3.8, 4) is 0 Å². The van der Waals surface area contributed by atoms with Crippen molar-refractivity contribution in [3.05, 3.63) is 0 Å². The summed E-state index contributed by atoms with van der Waals surface area (Å²) in [4.78, 5) is 3.18. The Bertz CT molecular complexity index is 114. The molecule has 66 valence electrons. The molecule has 1 aliphatic rings. The van der Waals surface area contributed by atoms with E-state index in [1.807, 2.05) is 0 Å². The van der Waals surface area contributed by atoms with Gasteiger partial charge in [-0.15, -0.1) is 0 Å². The lowest BCUT2D eigenvalue weighted by Gasteiger charge is -2.09. The molecule has 0 aromatic heterocycles. The van der Waals surface area contributed by atoms with Crippen molar-refractivity contribution in [2.45, 2.75) is 24.6 Å². The number of halogens is 1. The Hall–Kier alpha value is -0.270. The van der Waals surface area contributed by atoms with Crippen molar-refractivity contribution in [2.24, 2.45) is 0 Å². The molecule has 1 heterocycles. The Morgan fingerprint density at radius 2 is 2.00 bits per heavy atom. The Morgan fingerprint density at radius 3 is 2.27 bits per heavy atom. The molecule has 0 amide bonds. The molecule has 0 bridgehead atoms. The summed E-state index contributed by atoms with van der Waals surface area (Å²) in [5, 5.41) is 26.4. The van der Waals surface area contributed by atoms with E-state index >= 15 is 0 Å². The highest BCUT2D eigenvalue weighted by Gasteiger charge is 2.43. The molecule has 0 saturated carbocycles. The molecule has 4 atom stereocenters. The number of aliphatic hydroxyl groups is 3. The van der Waals surface area contributed by atoms with Crippen LogP contribution in [0.4, 0.5) is 4.53 Å². The van der Waals surface area contributed by atoms with Gasteiger partial charge < -0.3 is 20.1 Å². The summed E-state index contributed by atoms with van der Waals surface area (Å²) in [5.74, 6) is 0. The van der Waals surface area contributed by atoms with E-state index in [1.165, 1.54) is 0 Å². The van der Waals surface area contributed by atoms with E-state index in [9.17, 15) is 4.53 Å². The molecular weight excluding hydrogens is 159 g/mol. The minimum Gasteiger partial charge on any atom is -0.394 e. The summed E-state index contributed by atoms with van der Waals surface area (Å²) in [6.45, 7) is -0.488. The maximum absolute atomic E-state index is 11.5. The number of hydrogen-bond acceptors (Lipinski definition) is 5. The van der Waals surface area contributed by atoms with Crippen LogP contribution < -0.4 is 0 Å². The summed E-state index contributed by atoms with van der Waals surface area (Å²) in [5.41, 5.74) is 0. The topological polar surface area (TPSA) is 79.2 Å². The first-order chi connectivity index (χ1) is 5.20. The largest absolute Gasteiger partial charge is 0.394 e. The van der Waals surface area contributed by atoms with Crippen LogP contribution in [0.1, 0.15) is 0 Å². The predicted molar refractivity (Wildman–Crippen MR) is 30.0 cm³/mol. The minimum atomic E-state index is -1.50. The molecule has 1 saturated heterocycles. The second-order valence-corrected chi connectivity index (χ2v) is 2.30. The number of aliphatic hydroxyl groups excluding tert-OH is 3. The second-order valence-electron chi connectivity index (χ2n) is 2.30. The lowest BCUT2D eigenvalue weighted by molar-refractivity contribution is -0.287. The van der Waals surface area contributed by atoms with Gasteiger partial charge in [-0.3, -0.25) is 0 Å². The number of rotatable bonds is 2. The number of hydrogen-bond donors (Lipinski definition) is 3. The third kappa shape index (κ3) is 1.49. The SMILES string of the molecule is OC[C@H]1O[C@H](OF)[C@H](O)[C@@H]1O. The molecule has 0 aromatic rings. The van der Waals surface area contributed by atoms with Crippen molar-refractivity contribution < 1.29 is 29.5 Å². The minimum absolute atomic E-state index is 0.488. The van der Waals surface area contributed by atoms with Crippen molar-refractivity contribution in [3.63, 3.8) is 0 Å². The Kier molecular flexibility index (Phi) is 2.74. The lowest BCUT2D eigenvalue weighted by atomic mass is 10.1. The molecule has 1 fully saturated rings. The standard InChI is InChI=1S/C5H9FO5/c6-11-5-4(9)3(8)2(1-7)10-5/h2-5,7-9H,1H2/t2-,3-,4-,5-/m1/s1. The van der Waals surface area contributed by atoms with E-state index < -0.39 is 31.2 Å². The summed E-state index contributed by atoms with van der Waals surface area (Å²) >= 11 is 0. The maximum atomic E-state index is 11.5. The quantitative estimate of drug-likeness (QED) is 0.459. The molecule has 1 aliphatic heterocycles. The molecule has 0 aliphatic carbocycles. The van der Waals surface area contributed by atoms with Crippen LogP contribution in [0.15, 0.2) is 0 Å². The van der Waals surface area contributed by atoms with Gasteiger partial charge in [-0.05, 0) is 4.53 Å². The molecule has 6 heteroatoms. The molecule has 0 aromatic carbocycles. The van der Waals surface area contributed by atoms with E-state index in [1.54, 1.807) is 0 Å². The Balaban J connectivity index is 2.53. The first-order valence-corrected chi connectivity index (χ1v) is 3.10. The van der Waals surface area contributed by atoms with E-state index in [-0.39, 0.29) is 0 Å². The van der Waals surface area contributed by atoms with Crippen LogP contribution in [0.25, 0.3) is 0 Å². The highest BCUT2D eigenvalue weighted by atomic mass is 19.3. The summed E-state index contributed by atoms with van der Waals surface area (Å²) < 4.78 is 16.0. The second kappa shape index (κ2) is 3.42. The molecule has 0 spiro atoms. The fourth-order valence-corrected chi connectivity index (χ4v) is 0.939. The van der Waals surface area contributed by atoms with Crippen molar-refractivity contribution in [1.29, 1.82) is 0 Å². The van der Waals surface area contributed by atoms with Crippen LogP contribution in [0.3, 0.4) is 0 Å². The number of ether oxygens (including phenoxy) is 1. The van der Waals surface area contributed by atoms with Gasteiger partial charge in [0, 0.05) is 0 Å². The van der Waals surface area contributed by atoms with Crippen LogP contribution in [-0.4, -0.2) is 46.5 Å². The third-order valence-corrected chi connectivity index (χ3v) is 1.59. The predicted octanol–water partition coefficient (Wildman–Crippen LogP) is -1.67. The van der Waals surface area contributed by atoms with Gasteiger partial charge in [0.05, 0.1) is 6.61 Å². The monoisotopic (exact) mass is 168 g/mol. The smallest absolute Gasteiger partial charge is 0.225 e. The van der Waals surface area contributed by atoms with Gasteiger partial charge >= 0.3 is 0 Å². The molecule has 11 heavy (non-hydrogen) atoms.